The molecule has 2 atom stereocenters. The molecule has 1 aromatic carbocycles. The van der Waals surface area contributed by atoms with Gasteiger partial charge in [0.25, 0.3) is 0 Å². The number of amides is 2. The number of carbonyl (C=O) groups excluding carboxylic acids is 2. The molecule has 0 aliphatic carbocycles. The summed E-state index contributed by atoms with van der Waals surface area (Å²) in [6, 6.07) is 2.82. The standard InChI is InChI=1S/C15H16Cl3N3O3S/c1-7(6-24-2)19-15-21-14(23)12(25-15)5-13(22)20-11-4-9(17)8(16)3-10(11)18/h3-4,7,12H,5-6H2,1-2H3,(H,20,22)(H,19,21,23). The van der Waals surface area contributed by atoms with Gasteiger partial charge in [0, 0.05) is 13.5 Å². The van der Waals surface area contributed by atoms with Crippen molar-refractivity contribution in [3.05, 3.63) is 27.2 Å². The molecule has 0 bridgehead atoms. The van der Waals surface area contributed by atoms with E-state index in [9.17, 15) is 9.59 Å². The van der Waals surface area contributed by atoms with Crippen LogP contribution in [-0.4, -0.2) is 42.0 Å². The Labute approximate surface area is 164 Å². The summed E-state index contributed by atoms with van der Waals surface area (Å²) in [6.07, 6.45) is -0.0231. The smallest absolute Gasteiger partial charge is 0.240 e. The van der Waals surface area contributed by atoms with Gasteiger partial charge in [0.15, 0.2) is 5.17 Å². The van der Waals surface area contributed by atoms with Crippen LogP contribution in [0.1, 0.15) is 13.3 Å². The number of anilines is 1. The normalized spacial score (nSPS) is 19.8. The third-order valence-electron chi connectivity index (χ3n) is 3.18. The number of ether oxygens (including phenoxy) is 1. The average Bonchev–Trinajstić information content (AvgIpc) is 2.84. The quantitative estimate of drug-likeness (QED) is 0.684. The molecule has 1 fully saturated rings. The molecule has 6 nitrogen and oxygen atoms in total. The van der Waals surface area contributed by atoms with Gasteiger partial charge in [-0.3, -0.25) is 14.6 Å². The molecular formula is C15H16Cl3N3O3S. The van der Waals surface area contributed by atoms with Gasteiger partial charge in [-0.25, -0.2) is 0 Å². The minimum Gasteiger partial charge on any atom is -0.382 e. The number of hydrogen-bond acceptors (Lipinski definition) is 5. The average molecular weight is 425 g/mol. The molecule has 1 aliphatic heterocycles. The van der Waals surface area contributed by atoms with E-state index in [0.717, 1.165) is 0 Å². The summed E-state index contributed by atoms with van der Waals surface area (Å²) in [4.78, 5) is 28.5. The number of nitrogens with one attached hydrogen (secondary N) is 2. The molecule has 2 amide bonds. The Morgan fingerprint density at radius 2 is 2.04 bits per heavy atom. The molecule has 1 aromatic rings. The molecule has 1 heterocycles. The monoisotopic (exact) mass is 423 g/mol. The first-order valence-electron chi connectivity index (χ1n) is 7.28. The third kappa shape index (κ3) is 5.76. The molecule has 2 unspecified atom stereocenters. The van der Waals surface area contributed by atoms with Gasteiger partial charge in [0.1, 0.15) is 5.25 Å². The van der Waals surface area contributed by atoms with Crippen molar-refractivity contribution in [3.63, 3.8) is 0 Å². The lowest BCUT2D eigenvalue weighted by Crippen LogP contribution is -2.28. The Bertz CT molecular complexity index is 715. The second-order valence-electron chi connectivity index (χ2n) is 5.33. The molecule has 10 heteroatoms. The van der Waals surface area contributed by atoms with Crippen LogP contribution in [0.25, 0.3) is 0 Å². The van der Waals surface area contributed by atoms with Crippen LogP contribution in [0.5, 0.6) is 0 Å². The van der Waals surface area contributed by atoms with Crippen LogP contribution in [0.3, 0.4) is 0 Å². The van der Waals surface area contributed by atoms with Crippen molar-refractivity contribution in [3.8, 4) is 0 Å². The van der Waals surface area contributed by atoms with Gasteiger partial charge >= 0.3 is 0 Å². The van der Waals surface area contributed by atoms with Crippen LogP contribution in [0, 0.1) is 0 Å². The summed E-state index contributed by atoms with van der Waals surface area (Å²) in [5, 5.41) is 6.06. The molecule has 0 aromatic heterocycles. The molecule has 25 heavy (non-hydrogen) atoms. The first-order valence-corrected chi connectivity index (χ1v) is 9.30. The molecule has 2 rings (SSSR count). The number of thioether (sulfide) groups is 1. The lowest BCUT2D eigenvalue weighted by molar-refractivity contribution is -0.122. The summed E-state index contributed by atoms with van der Waals surface area (Å²) < 4.78 is 5.00. The van der Waals surface area contributed by atoms with E-state index in [1.54, 1.807) is 7.11 Å². The number of hydrogen-bond donors (Lipinski definition) is 2. The zero-order valence-corrected chi connectivity index (χ0v) is 16.5. The maximum Gasteiger partial charge on any atom is 0.240 e. The third-order valence-corrected chi connectivity index (χ3v) is 5.31. The Morgan fingerprint density at radius 3 is 2.72 bits per heavy atom. The number of carbonyl (C=O) groups is 2. The number of halogens is 3. The number of benzene rings is 1. The summed E-state index contributed by atoms with van der Waals surface area (Å²) in [6.45, 7) is 2.32. The van der Waals surface area contributed by atoms with Gasteiger partial charge in [0.2, 0.25) is 11.8 Å². The molecule has 0 radical (unpaired) electrons. The topological polar surface area (TPSA) is 79.8 Å². The van der Waals surface area contributed by atoms with Crippen LogP contribution in [0.15, 0.2) is 17.1 Å². The zero-order valence-electron chi connectivity index (χ0n) is 13.4. The molecular weight excluding hydrogens is 409 g/mol. The van der Waals surface area contributed by atoms with Gasteiger partial charge in [-0.1, -0.05) is 46.6 Å². The van der Waals surface area contributed by atoms with E-state index in [2.05, 4.69) is 15.6 Å². The highest BCUT2D eigenvalue weighted by molar-refractivity contribution is 8.15. The van der Waals surface area contributed by atoms with Crippen LogP contribution < -0.4 is 10.6 Å². The maximum absolute atomic E-state index is 12.2. The van der Waals surface area contributed by atoms with Gasteiger partial charge in [-0.2, -0.15) is 0 Å². The summed E-state index contributed by atoms with van der Waals surface area (Å²) >= 11 is 19.0. The second kappa shape index (κ2) is 9.09. The summed E-state index contributed by atoms with van der Waals surface area (Å²) in [5.74, 6) is -0.622. The van der Waals surface area contributed by atoms with Crippen LogP contribution in [0.2, 0.25) is 15.1 Å². The molecule has 1 saturated heterocycles. The SMILES string of the molecule is COCC(C)N=C1NC(=O)C(CC(=O)Nc2cc(Cl)c(Cl)cc2Cl)S1. The van der Waals surface area contributed by atoms with E-state index in [1.807, 2.05) is 6.92 Å². The molecule has 1 aliphatic rings. The second-order valence-corrected chi connectivity index (χ2v) is 7.75. The highest BCUT2D eigenvalue weighted by atomic mass is 35.5. The fraction of sp³-hybridized carbons (Fsp3) is 0.400. The number of rotatable bonds is 6. The van der Waals surface area contributed by atoms with Crippen molar-refractivity contribution in [2.45, 2.75) is 24.6 Å². The predicted octanol–water partition coefficient (Wildman–Crippen LogP) is 3.60. The predicted molar refractivity (Wildman–Crippen MR) is 103 cm³/mol. The molecule has 0 spiro atoms. The fourth-order valence-electron chi connectivity index (χ4n) is 2.07. The lowest BCUT2D eigenvalue weighted by atomic mass is 10.2. The van der Waals surface area contributed by atoms with Gasteiger partial charge in [-0.15, -0.1) is 0 Å². The van der Waals surface area contributed by atoms with E-state index in [-0.39, 0.29) is 34.3 Å². The van der Waals surface area contributed by atoms with Crippen molar-refractivity contribution in [2.75, 3.05) is 19.0 Å². The van der Waals surface area contributed by atoms with Crippen molar-refractivity contribution in [1.82, 2.24) is 5.32 Å². The van der Waals surface area contributed by atoms with Gasteiger partial charge < -0.3 is 15.4 Å². The first-order chi connectivity index (χ1) is 11.8. The van der Waals surface area contributed by atoms with E-state index >= 15 is 0 Å². The van der Waals surface area contributed by atoms with Crippen molar-refractivity contribution in [2.24, 2.45) is 4.99 Å². The Hall–Kier alpha value is -0.990. The minimum atomic E-state index is -0.560. The molecule has 136 valence electrons. The van der Waals surface area contributed by atoms with Crippen molar-refractivity contribution in [1.29, 1.82) is 0 Å². The van der Waals surface area contributed by atoms with Crippen LogP contribution in [-0.2, 0) is 14.3 Å². The van der Waals surface area contributed by atoms with Crippen molar-refractivity contribution < 1.29 is 14.3 Å². The largest absolute Gasteiger partial charge is 0.382 e. The van der Waals surface area contributed by atoms with Gasteiger partial charge in [0.05, 0.1) is 33.4 Å². The number of amidine groups is 1. The number of methoxy groups -OCH3 is 1. The highest BCUT2D eigenvalue weighted by Crippen LogP contribution is 2.32. The first kappa shape index (κ1) is 20.3. The lowest BCUT2D eigenvalue weighted by Gasteiger charge is -2.10. The van der Waals surface area contributed by atoms with E-state index in [0.29, 0.717) is 22.5 Å². The molecule has 0 saturated carbocycles. The number of nitrogens with zero attached hydrogens (tertiary/aromatic N) is 1. The van der Waals surface area contributed by atoms with E-state index in [4.69, 9.17) is 39.5 Å². The number of aliphatic imine (C=N–C) groups is 1. The highest BCUT2D eigenvalue weighted by Gasteiger charge is 2.32. The Balaban J connectivity index is 1.97. The maximum atomic E-state index is 12.2. The minimum absolute atomic E-state index is 0.0231. The fourth-order valence-corrected chi connectivity index (χ4v) is 3.73. The summed E-state index contributed by atoms with van der Waals surface area (Å²) in [7, 11) is 1.58. The summed E-state index contributed by atoms with van der Waals surface area (Å²) in [5.41, 5.74) is 0.340. The molecule has 2 N–H and O–H groups in total. The Morgan fingerprint density at radius 1 is 1.36 bits per heavy atom. The van der Waals surface area contributed by atoms with Gasteiger partial charge in [-0.05, 0) is 19.1 Å². The van der Waals surface area contributed by atoms with E-state index in [1.165, 1.54) is 23.9 Å². The van der Waals surface area contributed by atoms with Crippen molar-refractivity contribution >= 4 is 69.2 Å². The van der Waals surface area contributed by atoms with E-state index < -0.39 is 5.25 Å². The zero-order chi connectivity index (χ0) is 18.6. The van der Waals surface area contributed by atoms with Crippen LogP contribution >= 0.6 is 46.6 Å². The Kier molecular flexibility index (Phi) is 7.39. The van der Waals surface area contributed by atoms with Crippen LogP contribution in [0.4, 0.5) is 5.69 Å².